The number of aromatic amines is 1. The molecular weight excluding hydrogens is 206 g/mol. The second-order valence-electron chi connectivity index (χ2n) is 3.97. The smallest absolute Gasteiger partial charge is 0.183 e. The monoisotopic (exact) mass is 219 g/mol. The molecule has 1 fully saturated rings. The van der Waals surface area contributed by atoms with Crippen LogP contribution in [0.3, 0.4) is 0 Å². The van der Waals surface area contributed by atoms with Crippen molar-refractivity contribution in [2.24, 2.45) is 0 Å². The number of nitrogen functional groups attached to an aromatic ring is 1. The van der Waals surface area contributed by atoms with E-state index in [9.17, 15) is 0 Å². The molecule has 6 heteroatoms. The Morgan fingerprint density at radius 2 is 2.44 bits per heavy atom. The van der Waals surface area contributed by atoms with Crippen molar-refractivity contribution >= 4 is 17.0 Å². The van der Waals surface area contributed by atoms with Crippen LogP contribution >= 0.6 is 0 Å². The first kappa shape index (κ1) is 9.53. The molecule has 0 bridgehead atoms. The fourth-order valence-electron chi connectivity index (χ4n) is 2.00. The van der Waals surface area contributed by atoms with Crippen molar-refractivity contribution in [1.82, 2.24) is 19.9 Å². The molecule has 0 radical (unpaired) electrons. The highest BCUT2D eigenvalue weighted by Crippen LogP contribution is 2.18. The normalized spacial score (nSPS) is 20.6. The summed E-state index contributed by atoms with van der Waals surface area (Å²) in [7, 11) is 0. The molecule has 3 rings (SSSR count). The Bertz CT molecular complexity index is 503. The molecular formula is C10H13N5O. The van der Waals surface area contributed by atoms with Crippen LogP contribution in [0, 0.1) is 0 Å². The summed E-state index contributed by atoms with van der Waals surface area (Å²) >= 11 is 0. The summed E-state index contributed by atoms with van der Waals surface area (Å²) in [5.41, 5.74) is 7.14. The predicted molar refractivity (Wildman–Crippen MR) is 58.8 cm³/mol. The lowest BCUT2D eigenvalue weighted by Gasteiger charge is -2.07. The van der Waals surface area contributed by atoms with Crippen molar-refractivity contribution in [2.75, 3.05) is 12.3 Å². The molecule has 0 amide bonds. The van der Waals surface area contributed by atoms with Gasteiger partial charge in [-0.05, 0) is 12.8 Å². The molecule has 3 N–H and O–H groups in total. The van der Waals surface area contributed by atoms with Gasteiger partial charge in [-0.25, -0.2) is 15.0 Å². The third-order valence-electron chi connectivity index (χ3n) is 2.79. The Labute approximate surface area is 92.3 Å². The quantitative estimate of drug-likeness (QED) is 0.774. The van der Waals surface area contributed by atoms with Crippen LogP contribution in [0.2, 0.25) is 0 Å². The van der Waals surface area contributed by atoms with Crippen LogP contribution in [0.1, 0.15) is 18.7 Å². The van der Waals surface area contributed by atoms with E-state index in [1.165, 1.54) is 0 Å². The van der Waals surface area contributed by atoms with Gasteiger partial charge < -0.3 is 15.5 Å². The van der Waals surface area contributed by atoms with Crippen LogP contribution in [0.15, 0.2) is 6.33 Å². The summed E-state index contributed by atoms with van der Waals surface area (Å²) in [6, 6.07) is 0. The van der Waals surface area contributed by atoms with Gasteiger partial charge >= 0.3 is 0 Å². The second kappa shape index (κ2) is 3.71. The number of nitrogens with zero attached hydrogens (tertiary/aromatic N) is 3. The molecule has 1 aliphatic heterocycles. The highest BCUT2D eigenvalue weighted by atomic mass is 16.5. The van der Waals surface area contributed by atoms with E-state index >= 15 is 0 Å². The molecule has 3 heterocycles. The standard InChI is InChI=1S/C10H13N5O/c11-9-8-10(13-5-12-8)15-7(14-9)4-6-2-1-3-16-6/h5-6H,1-4H2,(H3,11,12,13,14,15). The number of anilines is 1. The lowest BCUT2D eigenvalue weighted by molar-refractivity contribution is 0.110. The summed E-state index contributed by atoms with van der Waals surface area (Å²) < 4.78 is 5.54. The maximum Gasteiger partial charge on any atom is 0.183 e. The van der Waals surface area contributed by atoms with Gasteiger partial charge in [0.05, 0.1) is 12.4 Å². The van der Waals surface area contributed by atoms with Gasteiger partial charge in [-0.3, -0.25) is 0 Å². The van der Waals surface area contributed by atoms with Crippen LogP contribution in [0.4, 0.5) is 5.82 Å². The van der Waals surface area contributed by atoms with Crippen LogP contribution in [0.5, 0.6) is 0 Å². The van der Waals surface area contributed by atoms with E-state index in [0.717, 1.165) is 19.4 Å². The fraction of sp³-hybridized carbons (Fsp3) is 0.500. The van der Waals surface area contributed by atoms with Gasteiger partial charge in [-0.15, -0.1) is 0 Å². The van der Waals surface area contributed by atoms with E-state index in [0.29, 0.717) is 29.2 Å². The van der Waals surface area contributed by atoms with Crippen LogP contribution in [-0.4, -0.2) is 32.6 Å². The number of nitrogens with one attached hydrogen (secondary N) is 1. The van der Waals surface area contributed by atoms with Crippen LogP contribution in [0.25, 0.3) is 11.2 Å². The highest BCUT2D eigenvalue weighted by Gasteiger charge is 2.18. The van der Waals surface area contributed by atoms with E-state index in [1.807, 2.05) is 0 Å². The zero-order chi connectivity index (χ0) is 11.0. The number of hydrogen-bond donors (Lipinski definition) is 2. The van der Waals surface area contributed by atoms with Gasteiger partial charge in [-0.1, -0.05) is 0 Å². The van der Waals surface area contributed by atoms with Crippen LogP contribution < -0.4 is 5.73 Å². The molecule has 1 unspecified atom stereocenters. The maximum absolute atomic E-state index is 5.81. The van der Waals surface area contributed by atoms with E-state index in [-0.39, 0.29) is 6.10 Å². The van der Waals surface area contributed by atoms with Crippen LogP contribution in [-0.2, 0) is 11.2 Å². The molecule has 84 valence electrons. The average molecular weight is 219 g/mol. The Balaban J connectivity index is 1.91. The molecule has 16 heavy (non-hydrogen) atoms. The zero-order valence-corrected chi connectivity index (χ0v) is 8.81. The van der Waals surface area contributed by atoms with E-state index in [4.69, 9.17) is 10.5 Å². The van der Waals surface area contributed by atoms with Gasteiger partial charge in [0.25, 0.3) is 0 Å². The average Bonchev–Trinajstić information content (AvgIpc) is 2.87. The maximum atomic E-state index is 5.81. The first-order chi connectivity index (χ1) is 7.83. The lowest BCUT2D eigenvalue weighted by atomic mass is 10.2. The van der Waals surface area contributed by atoms with Crippen molar-refractivity contribution in [3.05, 3.63) is 12.2 Å². The van der Waals surface area contributed by atoms with E-state index < -0.39 is 0 Å². The first-order valence-electron chi connectivity index (χ1n) is 5.40. The molecule has 1 saturated heterocycles. The Kier molecular flexibility index (Phi) is 2.21. The van der Waals surface area contributed by atoms with Crippen molar-refractivity contribution in [1.29, 1.82) is 0 Å². The summed E-state index contributed by atoms with van der Waals surface area (Å²) in [6.45, 7) is 0.838. The third kappa shape index (κ3) is 1.61. The van der Waals surface area contributed by atoms with E-state index in [2.05, 4.69) is 19.9 Å². The molecule has 6 nitrogen and oxygen atoms in total. The van der Waals surface area contributed by atoms with Gasteiger partial charge in [-0.2, -0.15) is 0 Å². The molecule has 1 atom stereocenters. The molecule has 2 aromatic heterocycles. The minimum Gasteiger partial charge on any atom is -0.382 e. The summed E-state index contributed by atoms with van der Waals surface area (Å²) in [4.78, 5) is 15.6. The number of H-pyrrole nitrogens is 1. The molecule has 0 aliphatic carbocycles. The number of ether oxygens (including phenoxy) is 1. The number of imidazole rings is 1. The van der Waals surface area contributed by atoms with Crippen molar-refractivity contribution in [3.63, 3.8) is 0 Å². The Morgan fingerprint density at radius 1 is 1.50 bits per heavy atom. The molecule has 2 aromatic rings. The zero-order valence-electron chi connectivity index (χ0n) is 8.81. The topological polar surface area (TPSA) is 89.7 Å². The minimum atomic E-state index is 0.232. The molecule has 1 aliphatic rings. The summed E-state index contributed by atoms with van der Waals surface area (Å²) in [5.74, 6) is 1.17. The fourth-order valence-corrected chi connectivity index (χ4v) is 2.00. The Hall–Kier alpha value is -1.69. The number of fused-ring (bicyclic) bond motifs is 1. The number of nitrogens with two attached hydrogens (primary N) is 1. The number of hydrogen-bond acceptors (Lipinski definition) is 5. The first-order valence-corrected chi connectivity index (χ1v) is 5.40. The highest BCUT2D eigenvalue weighted by molar-refractivity contribution is 5.80. The second-order valence-corrected chi connectivity index (χ2v) is 3.97. The summed E-state index contributed by atoms with van der Waals surface area (Å²) in [5, 5.41) is 0. The molecule has 0 spiro atoms. The lowest BCUT2D eigenvalue weighted by Crippen LogP contribution is -2.12. The van der Waals surface area contributed by atoms with Crippen molar-refractivity contribution in [3.8, 4) is 0 Å². The van der Waals surface area contributed by atoms with Crippen molar-refractivity contribution < 1.29 is 4.74 Å². The largest absolute Gasteiger partial charge is 0.382 e. The van der Waals surface area contributed by atoms with Gasteiger partial charge in [0, 0.05) is 13.0 Å². The SMILES string of the molecule is Nc1nc(CC2CCCO2)nc2nc[nH]c12. The predicted octanol–water partition coefficient (Wildman–Crippen LogP) is 0.657. The molecule has 0 aromatic carbocycles. The Morgan fingerprint density at radius 3 is 3.25 bits per heavy atom. The van der Waals surface area contributed by atoms with E-state index in [1.54, 1.807) is 6.33 Å². The van der Waals surface area contributed by atoms with Gasteiger partial charge in [0.15, 0.2) is 11.5 Å². The third-order valence-corrected chi connectivity index (χ3v) is 2.79. The number of aromatic nitrogens is 4. The minimum absolute atomic E-state index is 0.232. The van der Waals surface area contributed by atoms with Crippen molar-refractivity contribution in [2.45, 2.75) is 25.4 Å². The molecule has 0 saturated carbocycles. The van der Waals surface area contributed by atoms with Gasteiger partial charge in [0.2, 0.25) is 0 Å². The summed E-state index contributed by atoms with van der Waals surface area (Å²) in [6.07, 6.45) is 4.71. The van der Waals surface area contributed by atoms with Gasteiger partial charge in [0.1, 0.15) is 11.3 Å². The number of rotatable bonds is 2.